The van der Waals surface area contributed by atoms with E-state index in [0.717, 1.165) is 6.20 Å². The molecule has 0 saturated heterocycles. The highest BCUT2D eigenvalue weighted by atomic mass is 127. The number of carbonyl (C=O) groups is 1. The summed E-state index contributed by atoms with van der Waals surface area (Å²) in [6, 6.07) is 0. The summed E-state index contributed by atoms with van der Waals surface area (Å²) in [6.07, 6.45) is -10.7. The summed E-state index contributed by atoms with van der Waals surface area (Å²) >= 11 is 1.23. The van der Waals surface area contributed by atoms with Crippen molar-refractivity contribution in [2.45, 2.75) is 25.9 Å². The number of halogens is 7. The molecule has 0 N–H and O–H groups in total. The molecular weight excluding hydrogens is 435 g/mol. The standard InChI is InChI=1S/C11H8F6INO3/c1-2-21-7(20)3-6-8(10(12,13)14)9(5(18)4-19-6)22-11(15,16)17/h4H,2-3H2,1H3. The molecule has 0 radical (unpaired) electrons. The van der Waals surface area contributed by atoms with Crippen molar-refractivity contribution in [1.29, 1.82) is 0 Å². The average molecular weight is 443 g/mol. The Morgan fingerprint density at radius 3 is 2.32 bits per heavy atom. The van der Waals surface area contributed by atoms with Gasteiger partial charge in [0.2, 0.25) is 0 Å². The molecule has 11 heteroatoms. The maximum atomic E-state index is 13.1. The van der Waals surface area contributed by atoms with Crippen molar-refractivity contribution in [2.24, 2.45) is 0 Å². The van der Waals surface area contributed by atoms with Gasteiger partial charge in [-0.05, 0) is 29.5 Å². The molecule has 0 bridgehead atoms. The van der Waals surface area contributed by atoms with Gasteiger partial charge in [-0.3, -0.25) is 9.78 Å². The van der Waals surface area contributed by atoms with Crippen LogP contribution in [0, 0.1) is 3.57 Å². The molecule has 22 heavy (non-hydrogen) atoms. The minimum Gasteiger partial charge on any atom is -0.466 e. The normalized spacial score (nSPS) is 12.2. The van der Waals surface area contributed by atoms with Gasteiger partial charge in [0.15, 0.2) is 5.75 Å². The number of alkyl halides is 6. The summed E-state index contributed by atoms with van der Waals surface area (Å²) in [4.78, 5) is 14.7. The monoisotopic (exact) mass is 443 g/mol. The highest BCUT2D eigenvalue weighted by Crippen LogP contribution is 2.42. The van der Waals surface area contributed by atoms with E-state index in [9.17, 15) is 31.1 Å². The fourth-order valence-electron chi connectivity index (χ4n) is 1.50. The Morgan fingerprint density at radius 1 is 1.27 bits per heavy atom. The van der Waals surface area contributed by atoms with Gasteiger partial charge in [0.1, 0.15) is 5.56 Å². The van der Waals surface area contributed by atoms with Crippen molar-refractivity contribution in [3.8, 4) is 5.75 Å². The first-order chi connectivity index (χ1) is 9.95. The van der Waals surface area contributed by atoms with E-state index in [1.54, 1.807) is 0 Å². The maximum Gasteiger partial charge on any atom is 0.573 e. The van der Waals surface area contributed by atoms with Gasteiger partial charge >= 0.3 is 18.5 Å². The molecule has 124 valence electrons. The predicted octanol–water partition coefficient (Wildman–Crippen LogP) is 3.71. The second-order valence-electron chi connectivity index (χ2n) is 3.78. The third-order valence-electron chi connectivity index (χ3n) is 2.18. The van der Waals surface area contributed by atoms with Gasteiger partial charge in [-0.25, -0.2) is 0 Å². The summed E-state index contributed by atoms with van der Waals surface area (Å²) < 4.78 is 83.5. The Balaban J connectivity index is 3.39. The number of nitrogens with zero attached hydrogens (tertiary/aromatic N) is 1. The Bertz CT molecular complexity index is 558. The SMILES string of the molecule is CCOC(=O)Cc1ncc(I)c(OC(F)(F)F)c1C(F)(F)F. The van der Waals surface area contributed by atoms with Crippen LogP contribution in [-0.4, -0.2) is 23.9 Å². The van der Waals surface area contributed by atoms with E-state index in [0.29, 0.717) is 0 Å². The molecule has 0 aliphatic rings. The second kappa shape index (κ2) is 6.87. The number of hydrogen-bond donors (Lipinski definition) is 0. The molecular formula is C11H8F6INO3. The fraction of sp³-hybridized carbons (Fsp3) is 0.455. The van der Waals surface area contributed by atoms with Gasteiger partial charge in [0.25, 0.3) is 0 Å². The summed E-state index contributed by atoms with van der Waals surface area (Å²) in [5.74, 6) is -2.48. The van der Waals surface area contributed by atoms with Crippen LogP contribution in [0.4, 0.5) is 26.3 Å². The summed E-state index contributed by atoms with van der Waals surface area (Å²) in [5, 5.41) is 0. The van der Waals surface area contributed by atoms with Gasteiger partial charge in [0, 0.05) is 6.20 Å². The molecule has 0 atom stereocenters. The highest BCUT2D eigenvalue weighted by Gasteiger charge is 2.43. The number of carbonyl (C=O) groups excluding carboxylic acids is 1. The van der Waals surface area contributed by atoms with E-state index in [-0.39, 0.29) is 6.61 Å². The van der Waals surface area contributed by atoms with Crippen LogP contribution in [0.15, 0.2) is 6.20 Å². The van der Waals surface area contributed by atoms with Crippen LogP contribution in [0.5, 0.6) is 5.75 Å². The van der Waals surface area contributed by atoms with Crippen LogP contribution in [-0.2, 0) is 22.1 Å². The predicted molar refractivity (Wildman–Crippen MR) is 69.0 cm³/mol. The Labute approximate surface area is 133 Å². The van der Waals surface area contributed by atoms with Gasteiger partial charge < -0.3 is 9.47 Å². The molecule has 0 unspecified atom stereocenters. The molecule has 1 aromatic heterocycles. The topological polar surface area (TPSA) is 48.4 Å². The van der Waals surface area contributed by atoms with Crippen LogP contribution in [0.2, 0.25) is 0 Å². The Morgan fingerprint density at radius 2 is 1.86 bits per heavy atom. The van der Waals surface area contributed by atoms with Crippen LogP contribution in [0.25, 0.3) is 0 Å². The lowest BCUT2D eigenvalue weighted by Crippen LogP contribution is -2.23. The summed E-state index contributed by atoms with van der Waals surface area (Å²) in [5.41, 5.74) is -2.64. The lowest BCUT2D eigenvalue weighted by molar-refractivity contribution is -0.276. The zero-order valence-electron chi connectivity index (χ0n) is 10.8. The highest BCUT2D eigenvalue weighted by molar-refractivity contribution is 14.1. The molecule has 0 saturated carbocycles. The van der Waals surface area contributed by atoms with Crippen LogP contribution in [0.1, 0.15) is 18.2 Å². The number of pyridine rings is 1. The smallest absolute Gasteiger partial charge is 0.466 e. The average Bonchev–Trinajstić information content (AvgIpc) is 2.30. The van der Waals surface area contributed by atoms with Crippen molar-refractivity contribution in [1.82, 2.24) is 4.98 Å². The number of esters is 1. The fourth-order valence-corrected chi connectivity index (χ4v) is 2.02. The molecule has 1 rings (SSSR count). The summed E-state index contributed by atoms with van der Waals surface area (Å²) in [7, 11) is 0. The number of aromatic nitrogens is 1. The van der Waals surface area contributed by atoms with Crippen molar-refractivity contribution >= 4 is 28.6 Å². The first kappa shape index (κ1) is 18.8. The van der Waals surface area contributed by atoms with Crippen molar-refractivity contribution < 1.29 is 40.6 Å². The molecule has 1 heterocycles. The number of hydrogen-bond acceptors (Lipinski definition) is 4. The van der Waals surface area contributed by atoms with Gasteiger partial charge in [-0.15, -0.1) is 13.2 Å². The zero-order chi connectivity index (χ0) is 17.1. The van der Waals surface area contributed by atoms with Gasteiger partial charge in [-0.1, -0.05) is 0 Å². The van der Waals surface area contributed by atoms with Crippen LogP contribution >= 0.6 is 22.6 Å². The summed E-state index contributed by atoms with van der Waals surface area (Å²) in [6.45, 7) is 1.35. The van der Waals surface area contributed by atoms with E-state index in [1.807, 2.05) is 0 Å². The minimum absolute atomic E-state index is 0.0868. The Hall–Kier alpha value is -1.27. The van der Waals surface area contributed by atoms with E-state index < -0.39 is 45.5 Å². The van der Waals surface area contributed by atoms with Crippen LogP contribution in [0.3, 0.4) is 0 Å². The van der Waals surface area contributed by atoms with E-state index >= 15 is 0 Å². The van der Waals surface area contributed by atoms with E-state index in [1.165, 1.54) is 29.5 Å². The first-order valence-electron chi connectivity index (χ1n) is 5.61. The molecule has 0 fully saturated rings. The molecule has 1 aromatic rings. The third kappa shape index (κ3) is 5.18. The lowest BCUT2D eigenvalue weighted by atomic mass is 10.1. The zero-order valence-corrected chi connectivity index (χ0v) is 13.0. The molecule has 0 aliphatic carbocycles. The van der Waals surface area contributed by atoms with E-state index in [4.69, 9.17) is 0 Å². The molecule has 0 aliphatic heterocycles. The van der Waals surface area contributed by atoms with Crippen molar-refractivity contribution in [3.63, 3.8) is 0 Å². The largest absolute Gasteiger partial charge is 0.573 e. The lowest BCUT2D eigenvalue weighted by Gasteiger charge is -2.19. The van der Waals surface area contributed by atoms with Crippen molar-refractivity contribution in [2.75, 3.05) is 6.61 Å². The first-order valence-corrected chi connectivity index (χ1v) is 6.69. The van der Waals surface area contributed by atoms with Gasteiger partial charge in [-0.2, -0.15) is 13.2 Å². The molecule has 0 amide bonds. The number of rotatable bonds is 4. The molecule has 0 spiro atoms. The molecule has 4 nitrogen and oxygen atoms in total. The Kier molecular flexibility index (Phi) is 5.87. The van der Waals surface area contributed by atoms with Crippen LogP contribution < -0.4 is 4.74 Å². The third-order valence-corrected chi connectivity index (χ3v) is 2.95. The van der Waals surface area contributed by atoms with E-state index in [2.05, 4.69) is 14.5 Å². The van der Waals surface area contributed by atoms with Crippen molar-refractivity contribution in [3.05, 3.63) is 21.0 Å². The minimum atomic E-state index is -5.32. The quantitative estimate of drug-likeness (QED) is 0.405. The maximum absolute atomic E-state index is 13.1. The van der Waals surface area contributed by atoms with Gasteiger partial charge in [0.05, 0.1) is 22.3 Å². The number of ether oxygens (including phenoxy) is 2. The second-order valence-corrected chi connectivity index (χ2v) is 4.95. The molecule has 0 aromatic carbocycles.